The number of aliphatic imine (C=N–C) groups is 1. The molecule has 1 unspecified atom stereocenters. The molecule has 0 aromatic heterocycles. The fraction of sp³-hybridized carbons (Fsp3) is 0.421. The number of rotatable bonds is 1. The van der Waals surface area contributed by atoms with Crippen LogP contribution in [0.25, 0.3) is 0 Å². The SMILES string of the molecule is CC1=NC2=C(C(=O)CC(C)(C)C2)[C@H](c2ccccc2Cl)C1C#N. The Morgan fingerprint density at radius 3 is 2.65 bits per heavy atom. The Balaban J connectivity index is 2.22. The van der Waals surface area contributed by atoms with Crippen molar-refractivity contribution in [3.05, 3.63) is 46.1 Å². The van der Waals surface area contributed by atoms with Crippen LogP contribution in [0, 0.1) is 22.7 Å². The predicted molar refractivity (Wildman–Crippen MR) is 91.5 cm³/mol. The summed E-state index contributed by atoms with van der Waals surface area (Å²) in [6.45, 7) is 6.04. The van der Waals surface area contributed by atoms with E-state index in [4.69, 9.17) is 11.6 Å². The Hall–Kier alpha value is -1.92. The summed E-state index contributed by atoms with van der Waals surface area (Å²) in [6, 6.07) is 9.80. The van der Waals surface area contributed by atoms with Crippen LogP contribution >= 0.6 is 11.6 Å². The normalized spacial score (nSPS) is 26.4. The Labute approximate surface area is 141 Å². The summed E-state index contributed by atoms with van der Waals surface area (Å²) in [7, 11) is 0. The van der Waals surface area contributed by atoms with Crippen molar-refractivity contribution in [2.45, 2.75) is 39.5 Å². The van der Waals surface area contributed by atoms with E-state index in [9.17, 15) is 10.1 Å². The van der Waals surface area contributed by atoms with Crippen molar-refractivity contribution in [2.24, 2.45) is 16.3 Å². The standard InChI is InChI=1S/C19H19ClN2O/c1-11-13(10-21)17(12-6-4-5-7-14(12)20)18-15(22-11)8-19(2,3)9-16(18)23/h4-7,13,17H,8-9H2,1-3H3/t13?,17-/m1/s1. The zero-order valence-corrected chi connectivity index (χ0v) is 14.3. The summed E-state index contributed by atoms with van der Waals surface area (Å²) < 4.78 is 0. The second kappa shape index (κ2) is 5.62. The maximum atomic E-state index is 12.8. The Kier molecular flexibility index (Phi) is 3.90. The number of benzene rings is 1. The number of carbonyl (C=O) groups is 1. The van der Waals surface area contributed by atoms with Crippen LogP contribution < -0.4 is 0 Å². The number of halogens is 1. The van der Waals surface area contributed by atoms with Gasteiger partial charge < -0.3 is 0 Å². The van der Waals surface area contributed by atoms with E-state index in [0.717, 1.165) is 23.4 Å². The van der Waals surface area contributed by atoms with Crippen LogP contribution in [0.5, 0.6) is 0 Å². The minimum absolute atomic E-state index is 0.0930. The van der Waals surface area contributed by atoms with Gasteiger partial charge in [-0.25, -0.2) is 0 Å². The lowest BCUT2D eigenvalue weighted by Crippen LogP contribution is -2.35. The van der Waals surface area contributed by atoms with Crippen molar-refractivity contribution in [2.75, 3.05) is 0 Å². The molecular formula is C19H19ClN2O. The van der Waals surface area contributed by atoms with Crippen molar-refractivity contribution in [1.82, 2.24) is 0 Å². The molecule has 0 amide bonds. The largest absolute Gasteiger partial charge is 0.294 e. The van der Waals surface area contributed by atoms with Gasteiger partial charge in [-0.1, -0.05) is 43.6 Å². The fourth-order valence-corrected chi connectivity index (χ4v) is 3.93. The molecule has 0 bridgehead atoms. The zero-order valence-electron chi connectivity index (χ0n) is 13.6. The fourth-order valence-electron chi connectivity index (χ4n) is 3.68. The van der Waals surface area contributed by atoms with Crippen LogP contribution in [-0.4, -0.2) is 11.5 Å². The summed E-state index contributed by atoms with van der Waals surface area (Å²) in [5.74, 6) is -0.665. The van der Waals surface area contributed by atoms with Gasteiger partial charge in [-0.15, -0.1) is 0 Å². The highest BCUT2D eigenvalue weighted by molar-refractivity contribution is 6.31. The summed E-state index contributed by atoms with van der Waals surface area (Å²) >= 11 is 6.38. The highest BCUT2D eigenvalue weighted by Gasteiger charge is 2.43. The zero-order chi connectivity index (χ0) is 16.8. The van der Waals surface area contributed by atoms with Gasteiger partial charge in [-0.3, -0.25) is 9.79 Å². The van der Waals surface area contributed by atoms with Crippen molar-refractivity contribution in [3.63, 3.8) is 0 Å². The number of nitrogens with zero attached hydrogens (tertiary/aromatic N) is 2. The maximum Gasteiger partial charge on any atom is 0.161 e. The molecule has 1 aromatic rings. The minimum Gasteiger partial charge on any atom is -0.294 e. The quantitative estimate of drug-likeness (QED) is 0.752. The average molecular weight is 327 g/mol. The molecule has 2 atom stereocenters. The Morgan fingerprint density at radius 1 is 1.30 bits per heavy atom. The minimum atomic E-state index is -0.446. The van der Waals surface area contributed by atoms with E-state index >= 15 is 0 Å². The van der Waals surface area contributed by atoms with Crippen LogP contribution in [0.3, 0.4) is 0 Å². The van der Waals surface area contributed by atoms with Crippen LogP contribution in [-0.2, 0) is 4.79 Å². The van der Waals surface area contributed by atoms with E-state index in [1.54, 1.807) is 0 Å². The summed E-state index contributed by atoms with van der Waals surface area (Å²) in [5.41, 5.74) is 3.04. The van der Waals surface area contributed by atoms with Crippen molar-refractivity contribution < 1.29 is 4.79 Å². The predicted octanol–water partition coefficient (Wildman–Crippen LogP) is 4.68. The molecule has 0 fully saturated rings. The third kappa shape index (κ3) is 2.72. The molecule has 1 aliphatic carbocycles. The molecule has 1 heterocycles. The molecule has 0 saturated heterocycles. The molecule has 4 heteroatoms. The van der Waals surface area contributed by atoms with Gasteiger partial charge in [0.2, 0.25) is 0 Å². The lowest BCUT2D eigenvalue weighted by molar-refractivity contribution is -0.118. The van der Waals surface area contributed by atoms with Gasteiger partial charge in [0.05, 0.1) is 12.0 Å². The van der Waals surface area contributed by atoms with Crippen molar-refractivity contribution >= 4 is 23.1 Å². The molecule has 0 saturated carbocycles. The van der Waals surface area contributed by atoms with Crippen LogP contribution in [0.2, 0.25) is 5.02 Å². The van der Waals surface area contributed by atoms with E-state index in [2.05, 4.69) is 24.9 Å². The van der Waals surface area contributed by atoms with Crippen LogP contribution in [0.15, 0.2) is 40.5 Å². The number of hydrogen-bond acceptors (Lipinski definition) is 3. The van der Waals surface area contributed by atoms with Gasteiger partial charge in [0.1, 0.15) is 0 Å². The van der Waals surface area contributed by atoms with E-state index in [1.807, 2.05) is 31.2 Å². The lowest BCUT2D eigenvalue weighted by atomic mass is 9.67. The first-order chi connectivity index (χ1) is 10.8. The highest BCUT2D eigenvalue weighted by Crippen LogP contribution is 2.48. The van der Waals surface area contributed by atoms with E-state index < -0.39 is 5.92 Å². The van der Waals surface area contributed by atoms with Gasteiger partial charge >= 0.3 is 0 Å². The van der Waals surface area contributed by atoms with E-state index in [1.165, 1.54) is 0 Å². The van der Waals surface area contributed by atoms with E-state index in [-0.39, 0.29) is 17.1 Å². The monoisotopic (exact) mass is 326 g/mol. The maximum absolute atomic E-state index is 12.8. The first-order valence-corrected chi connectivity index (χ1v) is 8.17. The Bertz CT molecular complexity index is 783. The van der Waals surface area contributed by atoms with E-state index in [0.29, 0.717) is 17.0 Å². The summed E-state index contributed by atoms with van der Waals surface area (Å²) in [4.78, 5) is 17.4. The number of ketones is 1. The summed E-state index contributed by atoms with van der Waals surface area (Å²) in [6.07, 6.45) is 1.24. The molecular weight excluding hydrogens is 308 g/mol. The molecule has 118 valence electrons. The summed E-state index contributed by atoms with van der Waals surface area (Å²) in [5, 5.41) is 10.2. The number of Topliss-reactive ketones (excluding diaryl/α,β-unsaturated/α-hetero) is 1. The molecule has 3 rings (SSSR count). The van der Waals surface area contributed by atoms with Crippen LogP contribution in [0.4, 0.5) is 0 Å². The molecule has 2 aliphatic rings. The molecule has 3 nitrogen and oxygen atoms in total. The molecule has 0 N–H and O–H groups in total. The first kappa shape index (κ1) is 16.0. The van der Waals surface area contributed by atoms with Gasteiger partial charge in [0.25, 0.3) is 0 Å². The van der Waals surface area contributed by atoms with Gasteiger partial charge in [-0.05, 0) is 30.4 Å². The van der Waals surface area contributed by atoms with Gasteiger partial charge in [-0.2, -0.15) is 5.26 Å². The number of hydrogen-bond donors (Lipinski definition) is 0. The molecule has 0 radical (unpaired) electrons. The third-order valence-electron chi connectivity index (χ3n) is 4.68. The van der Waals surface area contributed by atoms with Crippen LogP contribution in [0.1, 0.15) is 45.1 Å². The van der Waals surface area contributed by atoms with Gasteiger partial charge in [0.15, 0.2) is 5.78 Å². The van der Waals surface area contributed by atoms with Gasteiger partial charge in [0, 0.05) is 34.3 Å². The molecule has 0 spiro atoms. The molecule has 1 aliphatic heterocycles. The average Bonchev–Trinajstić information content (AvgIpc) is 2.45. The number of nitriles is 1. The van der Waals surface area contributed by atoms with Crippen molar-refractivity contribution in [1.29, 1.82) is 5.26 Å². The highest BCUT2D eigenvalue weighted by atomic mass is 35.5. The van der Waals surface area contributed by atoms with Crippen molar-refractivity contribution in [3.8, 4) is 6.07 Å². The third-order valence-corrected chi connectivity index (χ3v) is 5.03. The number of carbonyl (C=O) groups excluding carboxylic acids is 1. The molecule has 1 aromatic carbocycles. The Morgan fingerprint density at radius 2 is 2.00 bits per heavy atom. The smallest absolute Gasteiger partial charge is 0.161 e. The second-order valence-electron chi connectivity index (χ2n) is 7.16. The number of allylic oxidation sites excluding steroid dienone is 2. The second-order valence-corrected chi connectivity index (χ2v) is 7.57. The lowest BCUT2D eigenvalue weighted by Gasteiger charge is -2.38. The topological polar surface area (TPSA) is 53.2 Å². The molecule has 23 heavy (non-hydrogen) atoms. The first-order valence-electron chi connectivity index (χ1n) is 7.79.